The van der Waals surface area contributed by atoms with Crippen LogP contribution in [-0.4, -0.2) is 16.2 Å². The summed E-state index contributed by atoms with van der Waals surface area (Å²) < 4.78 is 10.8. The SMILES string of the molecule is O=c1[nH]c2ccc(C(O)C3Cc4ccccc4O3)cc2o1. The molecule has 1 aliphatic rings. The Bertz CT molecular complexity index is 839. The number of hydrogen-bond acceptors (Lipinski definition) is 4. The van der Waals surface area contributed by atoms with Crippen molar-refractivity contribution in [3.63, 3.8) is 0 Å². The standard InChI is InChI=1S/C16H13NO4/c18-15(14-7-9-3-1-2-4-12(9)20-14)10-5-6-11-13(8-10)21-16(19)17-11/h1-6,8,14-15,18H,7H2,(H,17,19). The summed E-state index contributed by atoms with van der Waals surface area (Å²) in [6.07, 6.45) is -0.445. The van der Waals surface area contributed by atoms with E-state index in [2.05, 4.69) is 4.98 Å². The molecule has 5 heteroatoms. The Morgan fingerprint density at radius 2 is 2.10 bits per heavy atom. The van der Waals surface area contributed by atoms with Crippen molar-refractivity contribution < 1.29 is 14.3 Å². The monoisotopic (exact) mass is 283 g/mol. The van der Waals surface area contributed by atoms with E-state index in [4.69, 9.17) is 9.15 Å². The van der Waals surface area contributed by atoms with Gasteiger partial charge in [0.1, 0.15) is 18.0 Å². The predicted octanol–water partition coefficient (Wildman–Crippen LogP) is 2.16. The lowest BCUT2D eigenvalue weighted by atomic mass is 10.00. The van der Waals surface area contributed by atoms with Crippen molar-refractivity contribution in [2.45, 2.75) is 18.6 Å². The zero-order chi connectivity index (χ0) is 14.4. The van der Waals surface area contributed by atoms with E-state index >= 15 is 0 Å². The highest BCUT2D eigenvalue weighted by Crippen LogP contribution is 2.34. The van der Waals surface area contributed by atoms with Crippen molar-refractivity contribution in [3.05, 3.63) is 64.1 Å². The summed E-state index contributed by atoms with van der Waals surface area (Å²) in [6, 6.07) is 12.9. The number of benzene rings is 2. The van der Waals surface area contributed by atoms with Gasteiger partial charge in [-0.1, -0.05) is 24.3 Å². The van der Waals surface area contributed by atoms with Crippen molar-refractivity contribution in [1.29, 1.82) is 0 Å². The van der Waals surface area contributed by atoms with Crippen LogP contribution in [-0.2, 0) is 6.42 Å². The van der Waals surface area contributed by atoms with Gasteiger partial charge in [-0.2, -0.15) is 0 Å². The summed E-state index contributed by atoms with van der Waals surface area (Å²) in [7, 11) is 0. The molecule has 0 spiro atoms. The summed E-state index contributed by atoms with van der Waals surface area (Å²) >= 11 is 0. The average molecular weight is 283 g/mol. The molecule has 5 nitrogen and oxygen atoms in total. The average Bonchev–Trinajstić information content (AvgIpc) is 3.07. The van der Waals surface area contributed by atoms with Gasteiger partial charge >= 0.3 is 5.76 Å². The van der Waals surface area contributed by atoms with Crippen LogP contribution >= 0.6 is 0 Å². The molecule has 0 radical (unpaired) electrons. The molecule has 2 heterocycles. The summed E-state index contributed by atoms with van der Waals surface area (Å²) in [6.45, 7) is 0. The van der Waals surface area contributed by atoms with Crippen LogP contribution in [0.25, 0.3) is 11.1 Å². The largest absolute Gasteiger partial charge is 0.487 e. The first-order valence-corrected chi connectivity index (χ1v) is 6.76. The number of rotatable bonds is 2. The van der Waals surface area contributed by atoms with Gasteiger partial charge in [-0.05, 0) is 29.3 Å². The van der Waals surface area contributed by atoms with Crippen molar-refractivity contribution in [2.24, 2.45) is 0 Å². The van der Waals surface area contributed by atoms with Crippen molar-refractivity contribution in [2.75, 3.05) is 0 Å². The minimum Gasteiger partial charge on any atom is -0.487 e. The number of aromatic amines is 1. The molecule has 0 aliphatic carbocycles. The Morgan fingerprint density at radius 1 is 1.24 bits per heavy atom. The normalized spacial score (nSPS) is 18.4. The molecule has 2 atom stereocenters. The van der Waals surface area contributed by atoms with Crippen LogP contribution in [0, 0.1) is 0 Å². The molecule has 0 amide bonds. The predicted molar refractivity (Wildman–Crippen MR) is 76.4 cm³/mol. The van der Waals surface area contributed by atoms with Crippen LogP contribution in [0.5, 0.6) is 5.75 Å². The number of ether oxygens (including phenoxy) is 1. The Kier molecular flexibility index (Phi) is 2.62. The minimum absolute atomic E-state index is 0.328. The topological polar surface area (TPSA) is 75.5 Å². The van der Waals surface area contributed by atoms with Gasteiger partial charge in [-0.25, -0.2) is 4.79 Å². The lowest BCUT2D eigenvalue weighted by Gasteiger charge is -2.18. The van der Waals surface area contributed by atoms with Gasteiger partial charge in [-0.15, -0.1) is 0 Å². The fraction of sp³-hybridized carbons (Fsp3) is 0.188. The minimum atomic E-state index is -0.776. The first kappa shape index (κ1) is 12.2. The van der Waals surface area contributed by atoms with E-state index in [0.29, 0.717) is 23.1 Å². The van der Waals surface area contributed by atoms with Gasteiger partial charge in [0.25, 0.3) is 0 Å². The number of para-hydroxylation sites is 1. The molecule has 1 aromatic heterocycles. The van der Waals surface area contributed by atoms with Crippen LogP contribution in [0.15, 0.2) is 51.7 Å². The molecule has 3 aromatic rings. The first-order chi connectivity index (χ1) is 10.2. The number of hydrogen-bond donors (Lipinski definition) is 2. The number of H-pyrrole nitrogens is 1. The summed E-state index contributed by atoms with van der Waals surface area (Å²) in [5.74, 6) is 0.317. The van der Waals surface area contributed by atoms with Crippen LogP contribution in [0.4, 0.5) is 0 Å². The zero-order valence-corrected chi connectivity index (χ0v) is 11.1. The van der Waals surface area contributed by atoms with Crippen molar-refractivity contribution in [3.8, 4) is 5.75 Å². The quantitative estimate of drug-likeness (QED) is 0.755. The van der Waals surface area contributed by atoms with Crippen molar-refractivity contribution >= 4 is 11.1 Å². The smallest absolute Gasteiger partial charge is 0.417 e. The number of aromatic nitrogens is 1. The molecule has 1 aliphatic heterocycles. The Balaban J connectivity index is 1.65. The zero-order valence-electron chi connectivity index (χ0n) is 11.1. The van der Waals surface area contributed by atoms with Gasteiger partial charge < -0.3 is 14.3 Å². The van der Waals surface area contributed by atoms with Gasteiger partial charge in [0.05, 0.1) is 5.52 Å². The highest BCUT2D eigenvalue weighted by atomic mass is 16.5. The van der Waals surface area contributed by atoms with E-state index in [1.165, 1.54) is 0 Å². The maximum Gasteiger partial charge on any atom is 0.417 e. The lowest BCUT2D eigenvalue weighted by molar-refractivity contribution is 0.0492. The van der Waals surface area contributed by atoms with Gasteiger partial charge in [0.15, 0.2) is 5.58 Å². The van der Waals surface area contributed by atoms with E-state index in [0.717, 1.165) is 11.3 Å². The maximum absolute atomic E-state index is 11.2. The summed E-state index contributed by atoms with van der Waals surface area (Å²) in [5.41, 5.74) is 2.82. The number of aliphatic hydroxyl groups is 1. The molecule has 0 saturated carbocycles. The van der Waals surface area contributed by atoms with Crippen LogP contribution in [0.1, 0.15) is 17.2 Å². The Morgan fingerprint density at radius 3 is 2.95 bits per heavy atom. The van der Waals surface area contributed by atoms with Gasteiger partial charge in [-0.3, -0.25) is 4.98 Å². The van der Waals surface area contributed by atoms with Crippen LogP contribution in [0.2, 0.25) is 0 Å². The van der Waals surface area contributed by atoms with Crippen LogP contribution < -0.4 is 10.5 Å². The van der Waals surface area contributed by atoms with E-state index < -0.39 is 11.9 Å². The van der Waals surface area contributed by atoms with Gasteiger partial charge in [0.2, 0.25) is 0 Å². The fourth-order valence-corrected chi connectivity index (χ4v) is 2.75. The van der Waals surface area contributed by atoms with Gasteiger partial charge in [0, 0.05) is 6.42 Å². The second-order valence-corrected chi connectivity index (χ2v) is 5.18. The molecule has 0 fully saturated rings. The highest BCUT2D eigenvalue weighted by molar-refractivity contribution is 5.72. The molecule has 4 rings (SSSR count). The number of nitrogens with one attached hydrogen (secondary N) is 1. The van der Waals surface area contributed by atoms with E-state index in [9.17, 15) is 9.90 Å². The molecular formula is C16H13NO4. The molecule has 21 heavy (non-hydrogen) atoms. The van der Waals surface area contributed by atoms with Crippen LogP contribution in [0.3, 0.4) is 0 Å². The Hall–Kier alpha value is -2.53. The second-order valence-electron chi connectivity index (χ2n) is 5.18. The third-order valence-corrected chi connectivity index (χ3v) is 3.81. The molecular weight excluding hydrogens is 270 g/mol. The van der Waals surface area contributed by atoms with E-state index in [1.807, 2.05) is 24.3 Å². The molecule has 2 N–H and O–H groups in total. The third kappa shape index (κ3) is 2.02. The second kappa shape index (κ2) is 4.49. The molecule has 2 aromatic carbocycles. The highest BCUT2D eigenvalue weighted by Gasteiger charge is 2.30. The molecule has 2 unspecified atom stereocenters. The fourth-order valence-electron chi connectivity index (χ4n) is 2.75. The third-order valence-electron chi connectivity index (χ3n) is 3.81. The lowest BCUT2D eigenvalue weighted by Crippen LogP contribution is -2.23. The summed E-state index contributed by atoms with van der Waals surface area (Å²) in [4.78, 5) is 13.7. The number of fused-ring (bicyclic) bond motifs is 2. The Labute approximate surface area is 119 Å². The molecule has 0 saturated heterocycles. The summed E-state index contributed by atoms with van der Waals surface area (Å²) in [5, 5.41) is 10.5. The van der Waals surface area contributed by atoms with E-state index in [-0.39, 0.29) is 6.10 Å². The number of oxazole rings is 1. The first-order valence-electron chi connectivity index (χ1n) is 6.76. The van der Waals surface area contributed by atoms with E-state index in [1.54, 1.807) is 18.2 Å². The molecule has 106 valence electrons. The molecule has 0 bridgehead atoms. The maximum atomic E-state index is 11.2. The number of aliphatic hydroxyl groups excluding tert-OH is 1. The van der Waals surface area contributed by atoms with Crippen molar-refractivity contribution in [1.82, 2.24) is 4.98 Å².